The summed E-state index contributed by atoms with van der Waals surface area (Å²) in [6.07, 6.45) is -1.68. The van der Waals surface area contributed by atoms with Crippen LogP contribution in [0, 0.1) is 0 Å². The maximum atomic E-state index is 13.0. The maximum absolute atomic E-state index is 13.0. The van der Waals surface area contributed by atoms with Gasteiger partial charge in [0.05, 0.1) is 5.56 Å². The molecule has 1 saturated heterocycles. The number of halogens is 3. The molecule has 0 radical (unpaired) electrons. The molecule has 1 fully saturated rings. The van der Waals surface area contributed by atoms with Gasteiger partial charge in [0.15, 0.2) is 5.78 Å². The first-order valence-corrected chi connectivity index (χ1v) is 7.04. The SMILES string of the molecule is CCCN1CCC(=O)/C(=C/c2ccccc2C(F)(F)F)C1. The Balaban J connectivity index is 2.32. The Labute approximate surface area is 122 Å². The van der Waals surface area contributed by atoms with Crippen molar-refractivity contribution in [2.45, 2.75) is 25.9 Å². The van der Waals surface area contributed by atoms with Gasteiger partial charge in [-0.05, 0) is 30.7 Å². The van der Waals surface area contributed by atoms with Crippen LogP contribution in [0.5, 0.6) is 0 Å². The number of alkyl halides is 3. The van der Waals surface area contributed by atoms with E-state index < -0.39 is 11.7 Å². The summed E-state index contributed by atoms with van der Waals surface area (Å²) in [4.78, 5) is 14.0. The van der Waals surface area contributed by atoms with Crippen LogP contribution in [0.1, 0.15) is 30.9 Å². The highest BCUT2D eigenvalue weighted by Gasteiger charge is 2.33. The lowest BCUT2D eigenvalue weighted by Gasteiger charge is -2.27. The van der Waals surface area contributed by atoms with Gasteiger partial charge in [0.2, 0.25) is 0 Å². The van der Waals surface area contributed by atoms with Gasteiger partial charge in [0.1, 0.15) is 0 Å². The summed E-state index contributed by atoms with van der Waals surface area (Å²) >= 11 is 0. The minimum Gasteiger partial charge on any atom is -0.299 e. The molecule has 114 valence electrons. The van der Waals surface area contributed by atoms with Crippen molar-refractivity contribution < 1.29 is 18.0 Å². The van der Waals surface area contributed by atoms with Gasteiger partial charge in [-0.15, -0.1) is 0 Å². The average Bonchev–Trinajstić information content (AvgIpc) is 2.42. The van der Waals surface area contributed by atoms with Gasteiger partial charge in [-0.3, -0.25) is 9.69 Å². The highest BCUT2D eigenvalue weighted by molar-refractivity contribution is 6.00. The minimum absolute atomic E-state index is 0.0562. The van der Waals surface area contributed by atoms with Crippen LogP contribution in [0.2, 0.25) is 0 Å². The van der Waals surface area contributed by atoms with Crippen LogP contribution in [-0.2, 0) is 11.0 Å². The highest BCUT2D eigenvalue weighted by Crippen LogP contribution is 2.33. The van der Waals surface area contributed by atoms with Crippen LogP contribution in [0.25, 0.3) is 6.08 Å². The third-order valence-corrected chi connectivity index (χ3v) is 3.54. The standard InChI is InChI=1S/C16H18F3NO/c1-2-8-20-9-7-15(21)13(11-20)10-12-5-3-4-6-14(12)16(17,18)19/h3-6,10H,2,7-9,11H2,1H3/b13-10+. The van der Waals surface area contributed by atoms with Gasteiger partial charge in [0, 0.05) is 25.1 Å². The highest BCUT2D eigenvalue weighted by atomic mass is 19.4. The lowest BCUT2D eigenvalue weighted by atomic mass is 9.98. The van der Waals surface area contributed by atoms with Crippen LogP contribution in [0.15, 0.2) is 29.8 Å². The minimum atomic E-state index is -4.41. The van der Waals surface area contributed by atoms with Gasteiger partial charge in [0.25, 0.3) is 0 Å². The lowest BCUT2D eigenvalue weighted by Crippen LogP contribution is -2.36. The molecule has 1 aromatic carbocycles. The van der Waals surface area contributed by atoms with Gasteiger partial charge < -0.3 is 0 Å². The van der Waals surface area contributed by atoms with Crippen molar-refractivity contribution in [1.29, 1.82) is 0 Å². The fraction of sp³-hybridized carbons (Fsp3) is 0.438. The molecule has 0 saturated carbocycles. The second kappa shape index (κ2) is 6.43. The monoisotopic (exact) mass is 297 g/mol. The van der Waals surface area contributed by atoms with Crippen LogP contribution in [-0.4, -0.2) is 30.3 Å². The lowest BCUT2D eigenvalue weighted by molar-refractivity contribution is -0.137. The summed E-state index contributed by atoms with van der Waals surface area (Å²) in [6, 6.07) is 5.36. The van der Waals surface area contributed by atoms with E-state index in [0.29, 0.717) is 25.1 Å². The van der Waals surface area contributed by atoms with Gasteiger partial charge >= 0.3 is 6.18 Å². The summed E-state index contributed by atoms with van der Waals surface area (Å²) in [5, 5.41) is 0. The molecule has 0 amide bonds. The molecule has 0 unspecified atom stereocenters. The maximum Gasteiger partial charge on any atom is 0.416 e. The summed E-state index contributed by atoms with van der Waals surface area (Å²) in [6.45, 7) is 4.01. The Morgan fingerprint density at radius 1 is 1.29 bits per heavy atom. The van der Waals surface area contributed by atoms with E-state index in [-0.39, 0.29) is 11.3 Å². The first-order valence-electron chi connectivity index (χ1n) is 7.04. The van der Waals surface area contributed by atoms with E-state index in [1.54, 1.807) is 6.07 Å². The van der Waals surface area contributed by atoms with Crippen LogP contribution >= 0.6 is 0 Å². The van der Waals surface area contributed by atoms with Crippen LogP contribution in [0.3, 0.4) is 0 Å². The molecule has 2 rings (SSSR count). The summed E-state index contributed by atoms with van der Waals surface area (Å²) in [5.74, 6) is -0.0562. The number of ketones is 1. The third kappa shape index (κ3) is 3.94. The average molecular weight is 297 g/mol. The number of hydrogen-bond donors (Lipinski definition) is 0. The molecule has 21 heavy (non-hydrogen) atoms. The van der Waals surface area contributed by atoms with Crippen molar-refractivity contribution >= 4 is 11.9 Å². The Morgan fingerprint density at radius 2 is 2.00 bits per heavy atom. The molecule has 1 aliphatic rings. The number of hydrogen-bond acceptors (Lipinski definition) is 2. The molecule has 2 nitrogen and oxygen atoms in total. The number of likely N-dealkylation sites (tertiary alicyclic amines) is 1. The molecule has 0 atom stereocenters. The Morgan fingerprint density at radius 3 is 2.67 bits per heavy atom. The molecule has 0 bridgehead atoms. The largest absolute Gasteiger partial charge is 0.416 e. The zero-order chi connectivity index (χ0) is 15.5. The third-order valence-electron chi connectivity index (χ3n) is 3.54. The van der Waals surface area contributed by atoms with Crippen LogP contribution in [0.4, 0.5) is 13.2 Å². The first kappa shape index (κ1) is 15.8. The van der Waals surface area contributed by atoms with Crippen molar-refractivity contribution in [1.82, 2.24) is 4.90 Å². The van der Waals surface area contributed by atoms with Crippen LogP contribution < -0.4 is 0 Å². The van der Waals surface area contributed by atoms with Crippen molar-refractivity contribution in [3.63, 3.8) is 0 Å². The number of benzene rings is 1. The van der Waals surface area contributed by atoms with E-state index in [0.717, 1.165) is 19.0 Å². The first-order chi connectivity index (χ1) is 9.91. The van der Waals surface area contributed by atoms with Gasteiger partial charge in [-0.2, -0.15) is 13.2 Å². The van der Waals surface area contributed by atoms with E-state index in [4.69, 9.17) is 0 Å². The smallest absolute Gasteiger partial charge is 0.299 e. The number of rotatable bonds is 3. The summed E-state index contributed by atoms with van der Waals surface area (Å²) < 4.78 is 38.9. The zero-order valence-electron chi connectivity index (χ0n) is 11.9. The fourth-order valence-electron chi connectivity index (χ4n) is 2.53. The molecule has 5 heteroatoms. The molecular formula is C16H18F3NO. The molecule has 0 N–H and O–H groups in total. The van der Waals surface area contributed by atoms with E-state index in [1.807, 2.05) is 6.92 Å². The van der Waals surface area contributed by atoms with E-state index in [9.17, 15) is 18.0 Å². The zero-order valence-corrected chi connectivity index (χ0v) is 11.9. The molecule has 0 aliphatic carbocycles. The predicted molar refractivity (Wildman–Crippen MR) is 75.8 cm³/mol. The van der Waals surface area contributed by atoms with Gasteiger partial charge in [-0.1, -0.05) is 25.1 Å². The number of nitrogens with zero attached hydrogens (tertiary/aromatic N) is 1. The van der Waals surface area contributed by atoms with Crippen molar-refractivity contribution in [3.05, 3.63) is 41.0 Å². The molecule has 1 aliphatic heterocycles. The number of carbonyl (C=O) groups excluding carboxylic acids is 1. The van der Waals surface area contributed by atoms with Crippen molar-refractivity contribution in [3.8, 4) is 0 Å². The Bertz CT molecular complexity index is 549. The normalized spacial score (nSPS) is 19.2. The van der Waals surface area contributed by atoms with E-state index in [1.165, 1.54) is 18.2 Å². The number of Topliss-reactive ketones (excluding diaryl/α,β-unsaturated/α-hetero) is 1. The second-order valence-electron chi connectivity index (χ2n) is 5.20. The van der Waals surface area contributed by atoms with Gasteiger partial charge in [-0.25, -0.2) is 0 Å². The summed E-state index contributed by atoms with van der Waals surface area (Å²) in [7, 11) is 0. The second-order valence-corrected chi connectivity index (χ2v) is 5.20. The number of piperidine rings is 1. The fourth-order valence-corrected chi connectivity index (χ4v) is 2.53. The van der Waals surface area contributed by atoms with Crippen molar-refractivity contribution in [2.75, 3.05) is 19.6 Å². The Hall–Kier alpha value is -1.62. The molecule has 1 aromatic rings. The van der Waals surface area contributed by atoms with E-state index >= 15 is 0 Å². The van der Waals surface area contributed by atoms with Crippen molar-refractivity contribution in [2.24, 2.45) is 0 Å². The molecule has 0 spiro atoms. The Kier molecular flexibility index (Phi) is 4.83. The predicted octanol–water partition coefficient (Wildman–Crippen LogP) is 3.77. The topological polar surface area (TPSA) is 20.3 Å². The number of carbonyl (C=O) groups is 1. The molecule has 1 heterocycles. The molecule has 0 aromatic heterocycles. The quantitative estimate of drug-likeness (QED) is 0.792. The summed E-state index contributed by atoms with van der Waals surface area (Å²) in [5.41, 5.74) is -0.170. The van der Waals surface area contributed by atoms with E-state index in [2.05, 4.69) is 4.90 Å². The molecular weight excluding hydrogens is 279 g/mol.